The molecule has 0 radical (unpaired) electrons. The smallest absolute Gasteiger partial charge is 0.251 e. The number of hydrogen-bond donors (Lipinski definition) is 2. The number of nitrogens with zero attached hydrogens (tertiary/aromatic N) is 1. The second kappa shape index (κ2) is 6.18. The predicted octanol–water partition coefficient (Wildman–Crippen LogP) is 3.11. The maximum absolute atomic E-state index is 12.1. The van der Waals surface area contributed by atoms with Crippen molar-refractivity contribution in [3.8, 4) is 11.4 Å². The Morgan fingerprint density at radius 3 is 2.41 bits per heavy atom. The van der Waals surface area contributed by atoms with Crippen LogP contribution < -0.4 is 5.32 Å². The summed E-state index contributed by atoms with van der Waals surface area (Å²) < 4.78 is 1.98. The van der Waals surface area contributed by atoms with E-state index in [-0.39, 0.29) is 11.7 Å². The first-order valence-corrected chi connectivity index (χ1v) is 7.02. The Balaban J connectivity index is 1.65. The van der Waals surface area contributed by atoms with Crippen molar-refractivity contribution in [1.29, 1.82) is 0 Å². The summed E-state index contributed by atoms with van der Waals surface area (Å²) in [4.78, 5) is 12.1. The van der Waals surface area contributed by atoms with Crippen molar-refractivity contribution in [2.75, 3.05) is 0 Å². The molecule has 0 unspecified atom stereocenters. The molecule has 0 saturated carbocycles. The van der Waals surface area contributed by atoms with E-state index < -0.39 is 0 Å². The highest BCUT2D eigenvalue weighted by atomic mass is 16.3. The number of phenols is 1. The molecule has 1 heterocycles. The van der Waals surface area contributed by atoms with Gasteiger partial charge in [0, 0.05) is 30.2 Å². The minimum Gasteiger partial charge on any atom is -0.508 e. The maximum atomic E-state index is 12.1. The zero-order valence-electron chi connectivity index (χ0n) is 11.9. The zero-order valence-corrected chi connectivity index (χ0v) is 11.9. The molecule has 110 valence electrons. The molecule has 4 nitrogen and oxygen atoms in total. The molecule has 3 rings (SSSR count). The standard InChI is InChI=1S/C18H16N2O2/c21-17-5-3-4-14(12-17)13-19-18(22)15-6-8-16(9-7-15)20-10-1-2-11-20/h1-12,21H,13H2,(H,19,22). The summed E-state index contributed by atoms with van der Waals surface area (Å²) in [5.74, 6) is 0.0604. The highest BCUT2D eigenvalue weighted by molar-refractivity contribution is 5.94. The Morgan fingerprint density at radius 1 is 1.00 bits per heavy atom. The number of carbonyl (C=O) groups excluding carboxylic acids is 1. The van der Waals surface area contributed by atoms with E-state index in [1.165, 1.54) is 0 Å². The minimum atomic E-state index is -0.137. The van der Waals surface area contributed by atoms with Crippen molar-refractivity contribution in [1.82, 2.24) is 9.88 Å². The van der Waals surface area contributed by atoms with Gasteiger partial charge in [0.25, 0.3) is 5.91 Å². The van der Waals surface area contributed by atoms with Crippen LogP contribution >= 0.6 is 0 Å². The van der Waals surface area contributed by atoms with Gasteiger partial charge in [0.15, 0.2) is 0 Å². The largest absolute Gasteiger partial charge is 0.508 e. The number of rotatable bonds is 4. The Morgan fingerprint density at radius 2 is 1.73 bits per heavy atom. The summed E-state index contributed by atoms with van der Waals surface area (Å²) in [5, 5.41) is 12.2. The molecule has 2 N–H and O–H groups in total. The fourth-order valence-corrected chi connectivity index (χ4v) is 2.24. The van der Waals surface area contributed by atoms with Gasteiger partial charge in [-0.15, -0.1) is 0 Å². The average Bonchev–Trinajstić information content (AvgIpc) is 3.07. The first-order chi connectivity index (χ1) is 10.7. The summed E-state index contributed by atoms with van der Waals surface area (Å²) in [6.45, 7) is 0.382. The minimum absolute atomic E-state index is 0.137. The van der Waals surface area contributed by atoms with Gasteiger partial charge in [-0.1, -0.05) is 12.1 Å². The van der Waals surface area contributed by atoms with Crippen LogP contribution in [0.5, 0.6) is 5.75 Å². The topological polar surface area (TPSA) is 54.3 Å². The van der Waals surface area contributed by atoms with Crippen molar-refractivity contribution in [3.05, 3.63) is 84.2 Å². The molecular weight excluding hydrogens is 276 g/mol. The molecule has 0 spiro atoms. The van der Waals surface area contributed by atoms with E-state index in [2.05, 4.69) is 5.32 Å². The van der Waals surface area contributed by atoms with E-state index in [1.807, 2.05) is 47.3 Å². The molecule has 0 aliphatic heterocycles. The van der Waals surface area contributed by atoms with Crippen molar-refractivity contribution < 1.29 is 9.90 Å². The maximum Gasteiger partial charge on any atom is 0.251 e. The SMILES string of the molecule is O=C(NCc1cccc(O)c1)c1ccc(-n2cccc2)cc1. The molecule has 2 aromatic carbocycles. The van der Waals surface area contributed by atoms with Gasteiger partial charge < -0.3 is 15.0 Å². The van der Waals surface area contributed by atoms with Crippen LogP contribution in [0.25, 0.3) is 5.69 Å². The molecule has 0 fully saturated rings. The third kappa shape index (κ3) is 3.17. The third-order valence-electron chi connectivity index (χ3n) is 3.40. The van der Waals surface area contributed by atoms with E-state index in [0.29, 0.717) is 12.1 Å². The summed E-state index contributed by atoms with van der Waals surface area (Å²) in [5.41, 5.74) is 2.47. The first kappa shape index (κ1) is 13.9. The Kier molecular flexibility index (Phi) is 3.92. The normalized spacial score (nSPS) is 10.4. The van der Waals surface area contributed by atoms with E-state index in [0.717, 1.165) is 11.3 Å². The lowest BCUT2D eigenvalue weighted by molar-refractivity contribution is 0.0951. The summed E-state index contributed by atoms with van der Waals surface area (Å²) in [6, 6.07) is 18.2. The van der Waals surface area contributed by atoms with Gasteiger partial charge >= 0.3 is 0 Å². The van der Waals surface area contributed by atoms with E-state index in [1.54, 1.807) is 30.3 Å². The molecule has 0 aliphatic rings. The fraction of sp³-hybridized carbons (Fsp3) is 0.0556. The number of benzene rings is 2. The van der Waals surface area contributed by atoms with Crippen LogP contribution in [0.15, 0.2) is 73.1 Å². The van der Waals surface area contributed by atoms with Crippen molar-refractivity contribution in [2.24, 2.45) is 0 Å². The highest BCUT2D eigenvalue weighted by Crippen LogP contribution is 2.12. The molecule has 0 aliphatic carbocycles. The van der Waals surface area contributed by atoms with E-state index in [9.17, 15) is 9.90 Å². The Labute approximate surface area is 128 Å². The van der Waals surface area contributed by atoms with E-state index in [4.69, 9.17) is 0 Å². The van der Waals surface area contributed by atoms with Crippen molar-refractivity contribution in [2.45, 2.75) is 6.54 Å². The molecule has 3 aromatic rings. The molecule has 1 amide bonds. The molecule has 0 bridgehead atoms. The Hall–Kier alpha value is -3.01. The Bertz CT molecular complexity index is 762. The molecule has 1 aromatic heterocycles. The summed E-state index contributed by atoms with van der Waals surface area (Å²) >= 11 is 0. The average molecular weight is 292 g/mol. The number of carbonyl (C=O) groups is 1. The van der Waals surface area contributed by atoms with Gasteiger partial charge in [-0.05, 0) is 54.1 Å². The van der Waals surface area contributed by atoms with Crippen molar-refractivity contribution >= 4 is 5.91 Å². The van der Waals surface area contributed by atoms with Gasteiger partial charge in [-0.2, -0.15) is 0 Å². The molecule has 4 heteroatoms. The monoisotopic (exact) mass is 292 g/mol. The van der Waals surface area contributed by atoms with Gasteiger partial charge in [0.05, 0.1) is 0 Å². The van der Waals surface area contributed by atoms with Crippen LogP contribution in [-0.2, 0) is 6.54 Å². The second-order valence-corrected chi connectivity index (χ2v) is 4.99. The quantitative estimate of drug-likeness (QED) is 0.776. The fourth-order valence-electron chi connectivity index (χ4n) is 2.24. The van der Waals surface area contributed by atoms with Crippen molar-refractivity contribution in [3.63, 3.8) is 0 Å². The first-order valence-electron chi connectivity index (χ1n) is 7.02. The number of phenolic OH excluding ortho intramolecular Hbond substituents is 1. The predicted molar refractivity (Wildman–Crippen MR) is 85.0 cm³/mol. The van der Waals surface area contributed by atoms with E-state index >= 15 is 0 Å². The van der Waals surface area contributed by atoms with Crippen LogP contribution in [-0.4, -0.2) is 15.6 Å². The molecule has 22 heavy (non-hydrogen) atoms. The number of aromatic hydroxyl groups is 1. The summed E-state index contributed by atoms with van der Waals surface area (Å²) in [7, 11) is 0. The van der Waals surface area contributed by atoms with Crippen LogP contribution in [0.4, 0.5) is 0 Å². The highest BCUT2D eigenvalue weighted by Gasteiger charge is 2.05. The van der Waals surface area contributed by atoms with Crippen LogP contribution in [0.3, 0.4) is 0 Å². The van der Waals surface area contributed by atoms with Crippen LogP contribution in [0.2, 0.25) is 0 Å². The lowest BCUT2D eigenvalue weighted by Crippen LogP contribution is -2.22. The zero-order chi connectivity index (χ0) is 15.4. The number of aromatic nitrogens is 1. The van der Waals surface area contributed by atoms with Gasteiger partial charge in [-0.25, -0.2) is 0 Å². The third-order valence-corrected chi connectivity index (χ3v) is 3.40. The number of hydrogen-bond acceptors (Lipinski definition) is 2. The molecular formula is C18H16N2O2. The number of nitrogens with one attached hydrogen (secondary N) is 1. The van der Waals surface area contributed by atoms with Crippen LogP contribution in [0.1, 0.15) is 15.9 Å². The van der Waals surface area contributed by atoms with Gasteiger partial charge in [0.1, 0.15) is 5.75 Å². The summed E-state index contributed by atoms with van der Waals surface area (Å²) in [6.07, 6.45) is 3.91. The second-order valence-electron chi connectivity index (χ2n) is 4.99. The molecule has 0 saturated heterocycles. The lowest BCUT2D eigenvalue weighted by Gasteiger charge is -2.07. The van der Waals surface area contributed by atoms with Gasteiger partial charge in [-0.3, -0.25) is 4.79 Å². The molecule has 0 atom stereocenters. The lowest BCUT2D eigenvalue weighted by atomic mass is 10.1. The van der Waals surface area contributed by atoms with Gasteiger partial charge in [0.2, 0.25) is 0 Å². The van der Waals surface area contributed by atoms with Crippen LogP contribution in [0, 0.1) is 0 Å². The number of amides is 1.